The summed E-state index contributed by atoms with van der Waals surface area (Å²) in [6, 6.07) is 15.1. The molecular formula is C25H26N2O6S2. The second kappa shape index (κ2) is 10.7. The molecule has 2 unspecified atom stereocenters. The van der Waals surface area contributed by atoms with Gasteiger partial charge in [-0.1, -0.05) is 61.6 Å². The average Bonchev–Trinajstić information content (AvgIpc) is 3.31. The lowest BCUT2D eigenvalue weighted by Gasteiger charge is -2.25. The Labute approximate surface area is 211 Å². The summed E-state index contributed by atoms with van der Waals surface area (Å²) in [6.07, 6.45) is 0.983. The van der Waals surface area contributed by atoms with Crippen molar-refractivity contribution >= 4 is 45.8 Å². The highest BCUT2D eigenvalue weighted by Crippen LogP contribution is 2.26. The molecule has 0 bridgehead atoms. The van der Waals surface area contributed by atoms with Crippen LogP contribution in [0.3, 0.4) is 0 Å². The van der Waals surface area contributed by atoms with Gasteiger partial charge in [0.15, 0.2) is 0 Å². The van der Waals surface area contributed by atoms with E-state index in [1.54, 1.807) is 0 Å². The van der Waals surface area contributed by atoms with Gasteiger partial charge >= 0.3 is 0 Å². The molecule has 2 fully saturated rings. The maximum Gasteiger partial charge on any atom is 0.286 e. The van der Waals surface area contributed by atoms with Crippen LogP contribution in [0, 0.1) is 5.41 Å². The SMILES string of the molecule is CC(C)(COc1ccc(CC2SC(=O)NC2=O)cc1)COc1ccc(CC2SC(=O)NC2=O)cc1. The highest BCUT2D eigenvalue weighted by atomic mass is 32.2. The first-order chi connectivity index (χ1) is 16.7. The Hall–Kier alpha value is -2.98. The van der Waals surface area contributed by atoms with Crippen LogP contribution in [0.1, 0.15) is 25.0 Å². The number of hydrogen-bond acceptors (Lipinski definition) is 8. The monoisotopic (exact) mass is 514 g/mol. The highest BCUT2D eigenvalue weighted by Gasteiger charge is 2.32. The number of imide groups is 2. The number of nitrogens with one attached hydrogen (secondary N) is 2. The average molecular weight is 515 g/mol. The molecule has 2 aromatic carbocycles. The lowest BCUT2D eigenvalue weighted by atomic mass is 9.96. The molecular weight excluding hydrogens is 488 g/mol. The molecule has 2 heterocycles. The van der Waals surface area contributed by atoms with E-state index in [0.29, 0.717) is 26.1 Å². The fourth-order valence-electron chi connectivity index (χ4n) is 3.53. The number of rotatable bonds is 10. The van der Waals surface area contributed by atoms with Gasteiger partial charge in [0, 0.05) is 5.41 Å². The molecule has 8 nitrogen and oxygen atoms in total. The van der Waals surface area contributed by atoms with Crippen LogP contribution in [0.5, 0.6) is 11.5 Å². The van der Waals surface area contributed by atoms with Crippen molar-refractivity contribution in [2.24, 2.45) is 5.41 Å². The molecule has 0 saturated carbocycles. The molecule has 0 spiro atoms. The van der Waals surface area contributed by atoms with Crippen LogP contribution in [-0.2, 0) is 22.4 Å². The van der Waals surface area contributed by atoms with E-state index < -0.39 is 0 Å². The van der Waals surface area contributed by atoms with E-state index in [2.05, 4.69) is 24.5 Å². The van der Waals surface area contributed by atoms with Crippen LogP contribution in [-0.4, -0.2) is 46.0 Å². The third-order valence-corrected chi connectivity index (χ3v) is 7.44. The van der Waals surface area contributed by atoms with Crippen LogP contribution in [0.25, 0.3) is 0 Å². The second-order valence-corrected chi connectivity index (χ2v) is 11.6. The van der Waals surface area contributed by atoms with Gasteiger partial charge in [0.05, 0.1) is 23.7 Å². The molecule has 2 aliphatic rings. The molecule has 2 saturated heterocycles. The van der Waals surface area contributed by atoms with Gasteiger partial charge in [0.25, 0.3) is 10.5 Å². The maximum absolute atomic E-state index is 11.7. The van der Waals surface area contributed by atoms with Gasteiger partial charge < -0.3 is 9.47 Å². The quantitative estimate of drug-likeness (QED) is 0.490. The Balaban J connectivity index is 1.21. The Morgan fingerprint density at radius 1 is 0.686 bits per heavy atom. The van der Waals surface area contributed by atoms with Crippen molar-refractivity contribution in [3.8, 4) is 11.5 Å². The van der Waals surface area contributed by atoms with Crippen molar-refractivity contribution in [3.05, 3.63) is 59.7 Å². The predicted molar refractivity (Wildman–Crippen MR) is 135 cm³/mol. The molecule has 184 valence electrons. The molecule has 10 heteroatoms. The number of hydrogen-bond donors (Lipinski definition) is 2. The van der Waals surface area contributed by atoms with Crippen LogP contribution in [0.15, 0.2) is 48.5 Å². The van der Waals surface area contributed by atoms with Crippen molar-refractivity contribution in [1.29, 1.82) is 0 Å². The third kappa shape index (κ3) is 7.02. The summed E-state index contributed by atoms with van der Waals surface area (Å²) in [6.45, 7) is 4.99. The fraction of sp³-hybridized carbons (Fsp3) is 0.360. The van der Waals surface area contributed by atoms with E-state index in [0.717, 1.165) is 46.1 Å². The first-order valence-electron chi connectivity index (χ1n) is 11.1. The molecule has 2 aromatic rings. The first-order valence-corrected chi connectivity index (χ1v) is 12.9. The minimum atomic E-state index is -0.385. The Bertz CT molecular complexity index is 1030. The number of thioether (sulfide) groups is 2. The van der Waals surface area contributed by atoms with Gasteiger partial charge in [-0.3, -0.25) is 29.8 Å². The number of ether oxygens (including phenoxy) is 2. The minimum Gasteiger partial charge on any atom is -0.493 e. The summed E-state index contributed by atoms with van der Waals surface area (Å²) in [4.78, 5) is 46.1. The predicted octanol–water partition coefficient (Wildman–Crippen LogP) is 3.96. The van der Waals surface area contributed by atoms with Crippen molar-refractivity contribution in [2.45, 2.75) is 37.2 Å². The van der Waals surface area contributed by atoms with E-state index in [4.69, 9.17) is 9.47 Å². The zero-order chi connectivity index (χ0) is 25.0. The smallest absolute Gasteiger partial charge is 0.286 e. The molecule has 0 radical (unpaired) electrons. The van der Waals surface area contributed by atoms with Crippen molar-refractivity contribution in [3.63, 3.8) is 0 Å². The van der Waals surface area contributed by atoms with Crippen molar-refractivity contribution in [1.82, 2.24) is 10.6 Å². The van der Waals surface area contributed by atoms with Crippen molar-refractivity contribution < 1.29 is 28.7 Å². The minimum absolute atomic E-state index is 0.242. The summed E-state index contributed by atoms with van der Waals surface area (Å²) in [5.74, 6) is 0.956. The van der Waals surface area contributed by atoms with Gasteiger partial charge in [-0.2, -0.15) is 0 Å². The molecule has 2 atom stereocenters. The largest absolute Gasteiger partial charge is 0.493 e. The van der Waals surface area contributed by atoms with E-state index in [-0.39, 0.29) is 38.2 Å². The second-order valence-electron chi connectivity index (χ2n) is 9.20. The normalized spacial score (nSPS) is 20.1. The Morgan fingerprint density at radius 3 is 1.37 bits per heavy atom. The summed E-state index contributed by atoms with van der Waals surface area (Å²) < 4.78 is 11.9. The zero-order valence-electron chi connectivity index (χ0n) is 19.4. The van der Waals surface area contributed by atoms with Crippen LogP contribution >= 0.6 is 23.5 Å². The summed E-state index contributed by atoms with van der Waals surface area (Å²) in [7, 11) is 0. The number of carbonyl (C=O) groups is 4. The van der Waals surface area contributed by atoms with Gasteiger partial charge in [-0.25, -0.2) is 0 Å². The van der Waals surface area contributed by atoms with E-state index >= 15 is 0 Å². The van der Waals surface area contributed by atoms with Gasteiger partial charge in [0.1, 0.15) is 11.5 Å². The van der Waals surface area contributed by atoms with Crippen LogP contribution < -0.4 is 20.1 Å². The topological polar surface area (TPSA) is 111 Å². The Kier molecular flexibility index (Phi) is 7.71. The Morgan fingerprint density at radius 2 is 1.06 bits per heavy atom. The van der Waals surface area contributed by atoms with Gasteiger partial charge in [-0.05, 0) is 48.2 Å². The summed E-state index contributed by atoms with van der Waals surface area (Å²) >= 11 is 2.05. The van der Waals surface area contributed by atoms with Gasteiger partial charge in [-0.15, -0.1) is 0 Å². The van der Waals surface area contributed by atoms with Gasteiger partial charge in [0.2, 0.25) is 11.8 Å². The fourth-order valence-corrected chi connectivity index (χ4v) is 5.25. The zero-order valence-corrected chi connectivity index (χ0v) is 21.0. The molecule has 0 aromatic heterocycles. The van der Waals surface area contributed by atoms with E-state index in [1.165, 1.54) is 0 Å². The van der Waals surface area contributed by atoms with E-state index in [1.807, 2.05) is 48.5 Å². The lowest BCUT2D eigenvalue weighted by molar-refractivity contribution is -0.119. The number of amides is 4. The molecule has 2 N–H and O–H groups in total. The van der Waals surface area contributed by atoms with Crippen LogP contribution in [0.4, 0.5) is 9.59 Å². The molecule has 4 amide bonds. The standard InChI is InChI=1S/C25H26N2O6S2/c1-25(2,13-32-17-7-3-15(4-8-17)11-19-21(28)26-23(30)34-19)14-33-18-9-5-16(6-10-18)12-20-22(29)27-24(31)35-20/h3-10,19-20H,11-14H2,1-2H3,(H,26,28,30)(H,27,29,31). The van der Waals surface area contributed by atoms with E-state index in [9.17, 15) is 19.2 Å². The third-order valence-electron chi connectivity index (χ3n) is 5.48. The molecule has 35 heavy (non-hydrogen) atoms. The molecule has 4 rings (SSSR count). The number of carbonyl (C=O) groups excluding carboxylic acids is 4. The summed E-state index contributed by atoms with van der Waals surface area (Å²) in [5.41, 5.74) is 1.67. The number of benzene rings is 2. The highest BCUT2D eigenvalue weighted by molar-refractivity contribution is 8.15. The first kappa shape index (κ1) is 25.1. The van der Waals surface area contributed by atoms with Crippen LogP contribution in [0.2, 0.25) is 0 Å². The lowest BCUT2D eigenvalue weighted by Crippen LogP contribution is -2.28. The molecule has 2 aliphatic heterocycles. The maximum atomic E-state index is 11.7. The van der Waals surface area contributed by atoms with Crippen molar-refractivity contribution in [2.75, 3.05) is 13.2 Å². The summed E-state index contributed by atoms with van der Waals surface area (Å²) in [5, 5.41) is 3.24. The molecule has 0 aliphatic carbocycles.